The highest BCUT2D eigenvalue weighted by Gasteiger charge is 2.21. The van der Waals surface area contributed by atoms with Crippen molar-refractivity contribution >= 4 is 35.6 Å². The van der Waals surface area contributed by atoms with Crippen molar-refractivity contribution in [3.05, 3.63) is 48.0 Å². The Morgan fingerprint density at radius 1 is 0.935 bits per heavy atom. The predicted octanol–water partition coefficient (Wildman–Crippen LogP) is 3.27. The molecule has 0 aliphatic carbocycles. The van der Waals surface area contributed by atoms with E-state index in [1.165, 1.54) is 0 Å². The van der Waals surface area contributed by atoms with Crippen molar-refractivity contribution in [3.8, 4) is 17.2 Å². The van der Waals surface area contributed by atoms with E-state index in [2.05, 4.69) is 32.2 Å². The number of ether oxygens (including phenoxy) is 3. The maximum Gasteiger partial charge on any atom is 0.193 e. The zero-order valence-corrected chi connectivity index (χ0v) is 21.1. The molecular formula is C23H33IN4O3. The van der Waals surface area contributed by atoms with Crippen LogP contribution < -0.4 is 24.4 Å². The number of halogens is 1. The molecule has 1 N–H and O–H groups in total. The number of hydrogen-bond acceptors (Lipinski definition) is 5. The lowest BCUT2D eigenvalue weighted by Crippen LogP contribution is -2.52. The fourth-order valence-electron chi connectivity index (χ4n) is 3.77. The number of nitrogens with one attached hydrogen (secondary N) is 1. The first-order valence-electron chi connectivity index (χ1n) is 10.2. The molecule has 0 spiro atoms. The Hall–Kier alpha value is -2.36. The van der Waals surface area contributed by atoms with Crippen molar-refractivity contribution in [1.82, 2.24) is 10.2 Å². The molecule has 2 aromatic carbocycles. The standard InChI is InChI=1S/C23H32N4O3.HI/c1-24-23(25-12-11-18-17-19(28-2)9-10-21(18)29-3)27-15-13-26(14-16-27)20-7-5-6-8-22(20)30-4;/h5-10,17H,11-16H2,1-4H3,(H,24,25);1H. The SMILES string of the molecule is CN=C(NCCc1cc(OC)ccc1OC)N1CCN(c2ccccc2OC)CC1.I. The number of piperazine rings is 1. The third-order valence-electron chi connectivity index (χ3n) is 5.38. The topological polar surface area (TPSA) is 58.6 Å². The van der Waals surface area contributed by atoms with E-state index in [0.29, 0.717) is 0 Å². The van der Waals surface area contributed by atoms with Crippen LogP contribution in [-0.4, -0.2) is 72.0 Å². The van der Waals surface area contributed by atoms with Crippen LogP contribution >= 0.6 is 24.0 Å². The van der Waals surface area contributed by atoms with Crippen LogP contribution in [0.2, 0.25) is 0 Å². The van der Waals surface area contributed by atoms with Crippen LogP contribution in [0.5, 0.6) is 17.2 Å². The van der Waals surface area contributed by atoms with Gasteiger partial charge in [-0.05, 0) is 42.3 Å². The maximum absolute atomic E-state index is 5.51. The number of para-hydroxylation sites is 2. The van der Waals surface area contributed by atoms with Crippen molar-refractivity contribution in [2.75, 3.05) is 66.0 Å². The summed E-state index contributed by atoms with van der Waals surface area (Å²) in [4.78, 5) is 9.15. The predicted molar refractivity (Wildman–Crippen MR) is 137 cm³/mol. The molecule has 3 rings (SSSR count). The Labute approximate surface area is 202 Å². The number of anilines is 1. The third kappa shape index (κ3) is 6.32. The van der Waals surface area contributed by atoms with Crippen molar-refractivity contribution in [2.45, 2.75) is 6.42 Å². The Morgan fingerprint density at radius 3 is 2.29 bits per heavy atom. The molecule has 1 aliphatic rings. The van der Waals surface area contributed by atoms with Gasteiger partial charge in [-0.1, -0.05) is 12.1 Å². The summed E-state index contributed by atoms with van der Waals surface area (Å²) in [6.07, 6.45) is 0.820. The Bertz CT molecular complexity index is 854. The number of methoxy groups -OCH3 is 3. The van der Waals surface area contributed by atoms with Crippen molar-refractivity contribution < 1.29 is 14.2 Å². The minimum Gasteiger partial charge on any atom is -0.497 e. The highest BCUT2D eigenvalue weighted by atomic mass is 127. The van der Waals surface area contributed by atoms with Crippen LogP contribution in [0.15, 0.2) is 47.5 Å². The second-order valence-electron chi connectivity index (χ2n) is 7.05. The van der Waals surface area contributed by atoms with E-state index < -0.39 is 0 Å². The van der Waals surface area contributed by atoms with Gasteiger partial charge in [-0.2, -0.15) is 0 Å². The number of rotatable bonds is 7. The molecular weight excluding hydrogens is 507 g/mol. The van der Waals surface area contributed by atoms with Gasteiger partial charge in [-0.3, -0.25) is 4.99 Å². The van der Waals surface area contributed by atoms with Gasteiger partial charge >= 0.3 is 0 Å². The summed E-state index contributed by atoms with van der Waals surface area (Å²) in [6, 6.07) is 14.1. The maximum atomic E-state index is 5.51. The van der Waals surface area contributed by atoms with Crippen LogP contribution in [-0.2, 0) is 6.42 Å². The van der Waals surface area contributed by atoms with Gasteiger partial charge in [0.25, 0.3) is 0 Å². The minimum absolute atomic E-state index is 0. The normalized spacial score (nSPS) is 14.0. The largest absolute Gasteiger partial charge is 0.497 e. The van der Waals surface area contributed by atoms with E-state index in [9.17, 15) is 0 Å². The molecule has 0 radical (unpaired) electrons. The Balaban J connectivity index is 0.00000341. The summed E-state index contributed by atoms with van der Waals surface area (Å²) in [5.74, 6) is 3.55. The summed E-state index contributed by atoms with van der Waals surface area (Å²) in [6.45, 7) is 4.42. The molecule has 0 aromatic heterocycles. The summed E-state index contributed by atoms with van der Waals surface area (Å²) in [5.41, 5.74) is 2.26. The molecule has 0 unspecified atom stereocenters. The number of hydrogen-bond donors (Lipinski definition) is 1. The molecule has 0 atom stereocenters. The minimum atomic E-state index is 0. The van der Waals surface area contributed by atoms with Gasteiger partial charge in [-0.15, -0.1) is 24.0 Å². The summed E-state index contributed by atoms with van der Waals surface area (Å²) < 4.78 is 16.3. The Kier molecular flexibility index (Phi) is 10.0. The van der Waals surface area contributed by atoms with Gasteiger partial charge in [0.05, 0.1) is 27.0 Å². The van der Waals surface area contributed by atoms with E-state index in [-0.39, 0.29) is 24.0 Å². The zero-order valence-electron chi connectivity index (χ0n) is 18.8. The lowest BCUT2D eigenvalue weighted by Gasteiger charge is -2.38. The van der Waals surface area contributed by atoms with Crippen LogP contribution in [0.3, 0.4) is 0 Å². The van der Waals surface area contributed by atoms with Gasteiger partial charge in [0, 0.05) is 39.8 Å². The molecule has 1 fully saturated rings. The van der Waals surface area contributed by atoms with E-state index in [1.54, 1.807) is 21.3 Å². The van der Waals surface area contributed by atoms with Crippen LogP contribution in [0.1, 0.15) is 5.56 Å². The van der Waals surface area contributed by atoms with Gasteiger partial charge in [-0.25, -0.2) is 0 Å². The molecule has 7 nitrogen and oxygen atoms in total. The quantitative estimate of drug-likeness (QED) is 0.331. The highest BCUT2D eigenvalue weighted by molar-refractivity contribution is 14.0. The molecule has 0 saturated carbocycles. The summed E-state index contributed by atoms with van der Waals surface area (Å²) in [5, 5.41) is 3.49. The molecule has 31 heavy (non-hydrogen) atoms. The summed E-state index contributed by atoms with van der Waals surface area (Å²) >= 11 is 0. The van der Waals surface area contributed by atoms with Crippen LogP contribution in [0, 0.1) is 0 Å². The average Bonchev–Trinajstić information content (AvgIpc) is 2.81. The summed E-state index contributed by atoms with van der Waals surface area (Å²) in [7, 11) is 6.93. The van der Waals surface area contributed by atoms with E-state index >= 15 is 0 Å². The smallest absolute Gasteiger partial charge is 0.193 e. The number of benzene rings is 2. The lowest BCUT2D eigenvalue weighted by atomic mass is 10.1. The number of guanidine groups is 1. The van der Waals surface area contributed by atoms with Crippen LogP contribution in [0.25, 0.3) is 0 Å². The molecule has 1 heterocycles. The lowest BCUT2D eigenvalue weighted by molar-refractivity contribution is 0.367. The molecule has 2 aromatic rings. The number of aliphatic imine (C=N–C) groups is 1. The molecule has 0 bridgehead atoms. The number of nitrogens with zero attached hydrogens (tertiary/aromatic N) is 3. The zero-order chi connectivity index (χ0) is 21.3. The first-order chi connectivity index (χ1) is 14.7. The fraction of sp³-hybridized carbons (Fsp3) is 0.435. The molecule has 0 amide bonds. The van der Waals surface area contributed by atoms with E-state index in [4.69, 9.17) is 14.2 Å². The van der Waals surface area contributed by atoms with E-state index in [0.717, 1.165) is 73.6 Å². The monoisotopic (exact) mass is 540 g/mol. The first-order valence-corrected chi connectivity index (χ1v) is 10.2. The van der Waals surface area contributed by atoms with Gasteiger partial charge in [0.2, 0.25) is 0 Å². The van der Waals surface area contributed by atoms with Gasteiger partial charge < -0.3 is 29.3 Å². The molecule has 170 valence electrons. The van der Waals surface area contributed by atoms with Gasteiger partial charge in [0.1, 0.15) is 17.2 Å². The van der Waals surface area contributed by atoms with Crippen molar-refractivity contribution in [3.63, 3.8) is 0 Å². The highest BCUT2D eigenvalue weighted by Crippen LogP contribution is 2.28. The third-order valence-corrected chi connectivity index (χ3v) is 5.38. The molecule has 1 saturated heterocycles. The Morgan fingerprint density at radius 2 is 1.65 bits per heavy atom. The van der Waals surface area contributed by atoms with Crippen LogP contribution in [0.4, 0.5) is 5.69 Å². The molecule has 8 heteroatoms. The second kappa shape index (κ2) is 12.5. The van der Waals surface area contributed by atoms with Crippen molar-refractivity contribution in [2.24, 2.45) is 4.99 Å². The second-order valence-corrected chi connectivity index (χ2v) is 7.05. The molecule has 1 aliphatic heterocycles. The van der Waals surface area contributed by atoms with Gasteiger partial charge in [0.15, 0.2) is 5.96 Å². The first kappa shape index (κ1) is 24.9. The van der Waals surface area contributed by atoms with Crippen molar-refractivity contribution in [1.29, 1.82) is 0 Å². The average molecular weight is 540 g/mol. The van der Waals surface area contributed by atoms with E-state index in [1.807, 2.05) is 37.4 Å². The fourth-order valence-corrected chi connectivity index (χ4v) is 3.77.